The molecule has 0 unspecified atom stereocenters. The molecule has 0 aromatic rings. The van der Waals surface area contributed by atoms with E-state index in [1.165, 1.54) is 0 Å². The van der Waals surface area contributed by atoms with E-state index in [-0.39, 0.29) is 17.9 Å². The normalized spacial score (nSPS) is 13.4. The first-order valence-corrected chi connectivity index (χ1v) is 5.71. The minimum atomic E-state index is -0.246. The molecular formula is C11H25N3O2. The zero-order valence-corrected chi connectivity index (χ0v) is 10.6. The average Bonchev–Trinajstić information content (AvgIpc) is 2.23. The van der Waals surface area contributed by atoms with Crippen LogP contribution < -0.4 is 5.73 Å². The molecule has 0 fully saturated rings. The monoisotopic (exact) mass is 231 g/mol. The van der Waals surface area contributed by atoms with Crippen molar-refractivity contribution in [3.05, 3.63) is 0 Å². The van der Waals surface area contributed by atoms with Crippen molar-refractivity contribution < 1.29 is 10.3 Å². The fourth-order valence-electron chi connectivity index (χ4n) is 1.49. The lowest BCUT2D eigenvalue weighted by molar-refractivity contribution is 0.217. The molecule has 0 saturated carbocycles. The van der Waals surface area contributed by atoms with Crippen LogP contribution in [0.25, 0.3) is 0 Å². The smallest absolute Gasteiger partial charge is 0.144 e. The number of hydrogen-bond acceptors (Lipinski definition) is 4. The number of rotatable bonds is 8. The van der Waals surface area contributed by atoms with Crippen molar-refractivity contribution in [3.63, 3.8) is 0 Å². The van der Waals surface area contributed by atoms with Gasteiger partial charge in [0.1, 0.15) is 5.84 Å². The third kappa shape index (κ3) is 5.92. The van der Waals surface area contributed by atoms with Crippen LogP contribution in [0, 0.1) is 5.41 Å². The average molecular weight is 231 g/mol. The first kappa shape index (κ1) is 15.2. The predicted octanol–water partition coefficient (Wildman–Crippen LogP) is 0.853. The van der Waals surface area contributed by atoms with E-state index < -0.39 is 0 Å². The Morgan fingerprint density at radius 2 is 1.94 bits per heavy atom. The Kier molecular flexibility index (Phi) is 7.08. The van der Waals surface area contributed by atoms with Crippen LogP contribution in [0.4, 0.5) is 0 Å². The number of nitrogens with zero attached hydrogens (tertiary/aromatic N) is 2. The quantitative estimate of drug-likeness (QED) is 0.190. The van der Waals surface area contributed by atoms with Crippen molar-refractivity contribution >= 4 is 5.84 Å². The van der Waals surface area contributed by atoms with E-state index in [9.17, 15) is 0 Å². The summed E-state index contributed by atoms with van der Waals surface area (Å²) in [5.41, 5.74) is 5.35. The molecule has 5 nitrogen and oxygen atoms in total. The van der Waals surface area contributed by atoms with Crippen molar-refractivity contribution in [2.45, 2.75) is 33.1 Å². The molecule has 0 aliphatic rings. The van der Waals surface area contributed by atoms with Crippen molar-refractivity contribution in [2.24, 2.45) is 16.3 Å². The lowest BCUT2D eigenvalue weighted by atomic mass is 9.86. The Morgan fingerprint density at radius 3 is 2.44 bits per heavy atom. The molecule has 0 rings (SSSR count). The van der Waals surface area contributed by atoms with Gasteiger partial charge in [0, 0.05) is 12.0 Å². The summed E-state index contributed by atoms with van der Waals surface area (Å²) in [6.45, 7) is 5.82. The lowest BCUT2D eigenvalue weighted by Crippen LogP contribution is -2.32. The summed E-state index contributed by atoms with van der Waals surface area (Å²) in [5, 5.41) is 20.4. The maximum atomic E-state index is 8.73. The highest BCUT2D eigenvalue weighted by atomic mass is 16.4. The van der Waals surface area contributed by atoms with Gasteiger partial charge in [-0.05, 0) is 26.4 Å². The number of nitrogens with two attached hydrogens (primary N) is 1. The second kappa shape index (κ2) is 7.46. The number of hydrogen-bond donors (Lipinski definition) is 3. The Balaban J connectivity index is 3.74. The summed E-state index contributed by atoms with van der Waals surface area (Å²) < 4.78 is 0. The van der Waals surface area contributed by atoms with Crippen LogP contribution >= 0.6 is 0 Å². The van der Waals surface area contributed by atoms with Crippen LogP contribution in [0.3, 0.4) is 0 Å². The molecule has 0 aliphatic carbocycles. The summed E-state index contributed by atoms with van der Waals surface area (Å²) >= 11 is 0. The maximum absolute atomic E-state index is 8.73. The number of amidine groups is 1. The molecule has 4 N–H and O–H groups in total. The molecule has 0 heterocycles. The second-order valence-corrected chi connectivity index (χ2v) is 4.85. The molecule has 0 aliphatic heterocycles. The molecule has 5 heteroatoms. The first-order chi connectivity index (χ1) is 7.44. The zero-order valence-electron chi connectivity index (χ0n) is 10.6. The van der Waals surface area contributed by atoms with Gasteiger partial charge in [0.25, 0.3) is 0 Å². The Hall–Kier alpha value is -0.810. The largest absolute Gasteiger partial charge is 0.409 e. The van der Waals surface area contributed by atoms with E-state index in [1.807, 2.05) is 20.9 Å². The van der Waals surface area contributed by atoms with Crippen LogP contribution in [0.1, 0.15) is 33.1 Å². The summed E-state index contributed by atoms with van der Waals surface area (Å²) in [5.74, 6) is 0.288. The van der Waals surface area contributed by atoms with E-state index in [1.54, 1.807) is 0 Å². The minimum absolute atomic E-state index is 0.201. The van der Waals surface area contributed by atoms with Crippen LogP contribution in [0.2, 0.25) is 0 Å². The summed E-state index contributed by atoms with van der Waals surface area (Å²) in [7, 11) is 1.99. The molecule has 96 valence electrons. The molecule has 0 aromatic heterocycles. The number of likely N-dealkylation sites (N-methyl/N-ethyl adjacent to an activating group) is 1. The van der Waals surface area contributed by atoms with Gasteiger partial charge in [-0.3, -0.25) is 0 Å². The van der Waals surface area contributed by atoms with E-state index in [4.69, 9.17) is 16.0 Å². The van der Waals surface area contributed by atoms with Crippen molar-refractivity contribution in [3.8, 4) is 0 Å². The van der Waals surface area contributed by atoms with Crippen molar-refractivity contribution in [2.75, 3.05) is 26.7 Å². The molecule has 0 aromatic carbocycles. The lowest BCUT2D eigenvalue weighted by Gasteiger charge is -2.23. The molecule has 0 bridgehead atoms. The number of aliphatic hydroxyl groups excluding tert-OH is 1. The van der Waals surface area contributed by atoms with Gasteiger partial charge in [-0.15, -0.1) is 0 Å². The first-order valence-electron chi connectivity index (χ1n) is 5.71. The standard InChI is InChI=1S/C11H25N3O2/c1-11(2,10(12)13-16)6-4-5-7-14(3)8-9-15/h15-16H,4-9H2,1-3H3,(H2,12,13). The Morgan fingerprint density at radius 1 is 1.31 bits per heavy atom. The molecule has 0 spiro atoms. The van der Waals surface area contributed by atoms with E-state index in [0.717, 1.165) is 25.8 Å². The van der Waals surface area contributed by atoms with Gasteiger partial charge in [0.2, 0.25) is 0 Å². The topological polar surface area (TPSA) is 82.1 Å². The number of oxime groups is 1. The van der Waals surface area contributed by atoms with Crippen LogP contribution in [-0.2, 0) is 0 Å². The predicted molar refractivity (Wildman–Crippen MR) is 65.6 cm³/mol. The van der Waals surface area contributed by atoms with Gasteiger partial charge >= 0.3 is 0 Å². The Labute approximate surface area is 97.9 Å². The SMILES string of the molecule is CN(CCO)CCCCC(C)(C)C(N)=NO. The van der Waals surface area contributed by atoms with E-state index >= 15 is 0 Å². The van der Waals surface area contributed by atoms with Crippen LogP contribution in [0.15, 0.2) is 5.16 Å². The van der Waals surface area contributed by atoms with Crippen LogP contribution in [-0.4, -0.2) is 47.8 Å². The number of aliphatic hydroxyl groups is 1. The fraction of sp³-hybridized carbons (Fsp3) is 0.909. The second-order valence-electron chi connectivity index (χ2n) is 4.85. The molecular weight excluding hydrogens is 206 g/mol. The maximum Gasteiger partial charge on any atom is 0.144 e. The third-order valence-electron chi connectivity index (χ3n) is 2.87. The fourth-order valence-corrected chi connectivity index (χ4v) is 1.49. The van der Waals surface area contributed by atoms with E-state index in [0.29, 0.717) is 6.54 Å². The molecule has 0 amide bonds. The summed E-state index contributed by atoms with van der Waals surface area (Å²) in [6.07, 6.45) is 2.98. The highest BCUT2D eigenvalue weighted by Gasteiger charge is 2.22. The molecule has 16 heavy (non-hydrogen) atoms. The number of unbranched alkanes of at least 4 members (excludes halogenated alkanes) is 1. The van der Waals surface area contributed by atoms with Gasteiger partial charge in [0.05, 0.1) is 6.61 Å². The summed E-state index contributed by atoms with van der Waals surface area (Å²) in [6, 6.07) is 0. The third-order valence-corrected chi connectivity index (χ3v) is 2.87. The molecule has 0 atom stereocenters. The minimum Gasteiger partial charge on any atom is -0.409 e. The van der Waals surface area contributed by atoms with Crippen molar-refractivity contribution in [1.82, 2.24) is 4.90 Å². The molecule has 0 radical (unpaired) electrons. The van der Waals surface area contributed by atoms with Gasteiger partial charge in [-0.1, -0.05) is 25.4 Å². The molecule has 0 saturated heterocycles. The van der Waals surface area contributed by atoms with Gasteiger partial charge in [-0.2, -0.15) is 0 Å². The van der Waals surface area contributed by atoms with Crippen LogP contribution in [0.5, 0.6) is 0 Å². The Bertz CT molecular complexity index is 217. The zero-order chi connectivity index (χ0) is 12.6. The van der Waals surface area contributed by atoms with Gasteiger partial charge in [-0.25, -0.2) is 0 Å². The van der Waals surface area contributed by atoms with E-state index in [2.05, 4.69) is 10.1 Å². The van der Waals surface area contributed by atoms with Gasteiger partial charge < -0.3 is 20.9 Å². The highest BCUT2D eigenvalue weighted by Crippen LogP contribution is 2.23. The van der Waals surface area contributed by atoms with Crippen molar-refractivity contribution in [1.29, 1.82) is 0 Å². The highest BCUT2D eigenvalue weighted by molar-refractivity contribution is 5.85. The summed E-state index contributed by atoms with van der Waals surface area (Å²) in [4.78, 5) is 2.09. The van der Waals surface area contributed by atoms with Gasteiger partial charge in [0.15, 0.2) is 0 Å².